The number of fused-ring (bicyclic) bond motifs is 2. The maximum absolute atomic E-state index is 6.41. The van der Waals surface area contributed by atoms with Gasteiger partial charge in [0.2, 0.25) is 0 Å². The Hall–Kier alpha value is -1.60. The van der Waals surface area contributed by atoms with E-state index in [4.69, 9.17) is 5.73 Å². The topological polar surface area (TPSA) is 26.0 Å². The predicted octanol–water partition coefficient (Wildman–Crippen LogP) is 4.29. The molecule has 2 aromatic carbocycles. The highest BCUT2D eigenvalue weighted by atomic mass is 14.6. The second-order valence-electron chi connectivity index (χ2n) is 6.59. The van der Waals surface area contributed by atoms with Crippen LogP contribution in [0.1, 0.15) is 48.4 Å². The zero-order valence-corrected chi connectivity index (χ0v) is 13.0. The second-order valence-corrected chi connectivity index (χ2v) is 6.59. The molecule has 0 aliphatic heterocycles. The number of hydrogen-bond acceptors (Lipinski definition) is 1. The molecule has 0 amide bonds. The van der Waals surface area contributed by atoms with Crippen LogP contribution in [0, 0.1) is 5.92 Å². The maximum Gasteiger partial charge on any atom is 0.0110 e. The van der Waals surface area contributed by atoms with E-state index in [9.17, 15) is 0 Å². The summed E-state index contributed by atoms with van der Waals surface area (Å²) in [4.78, 5) is 0. The van der Waals surface area contributed by atoms with Gasteiger partial charge in [-0.25, -0.2) is 0 Å². The van der Waals surface area contributed by atoms with Crippen LogP contribution in [-0.2, 0) is 12.8 Å². The van der Waals surface area contributed by atoms with Crippen LogP contribution in [0.3, 0.4) is 0 Å². The monoisotopic (exact) mass is 279 g/mol. The Balaban J connectivity index is 2.06. The molecular formula is C20H25N. The summed E-state index contributed by atoms with van der Waals surface area (Å²) >= 11 is 0. The Morgan fingerprint density at radius 1 is 0.905 bits per heavy atom. The summed E-state index contributed by atoms with van der Waals surface area (Å²) in [6.07, 6.45) is 3.31. The van der Waals surface area contributed by atoms with E-state index < -0.39 is 0 Å². The number of nitrogens with two attached hydrogens (primary N) is 1. The Labute approximate surface area is 128 Å². The Morgan fingerprint density at radius 3 is 1.86 bits per heavy atom. The number of hydrogen-bond donors (Lipinski definition) is 1. The summed E-state index contributed by atoms with van der Waals surface area (Å²) in [7, 11) is 0. The minimum absolute atomic E-state index is 0.245. The van der Waals surface area contributed by atoms with E-state index >= 15 is 0 Å². The second kappa shape index (κ2) is 6.03. The van der Waals surface area contributed by atoms with Gasteiger partial charge in [0.15, 0.2) is 0 Å². The third-order valence-electron chi connectivity index (χ3n) is 4.89. The normalized spacial score (nSPS) is 16.2. The average Bonchev–Trinajstić information content (AvgIpc) is 2.65. The van der Waals surface area contributed by atoms with Gasteiger partial charge in [-0.15, -0.1) is 0 Å². The molecule has 0 fully saturated rings. The first-order valence-electron chi connectivity index (χ1n) is 8.08. The van der Waals surface area contributed by atoms with Crippen molar-refractivity contribution in [1.82, 2.24) is 0 Å². The van der Waals surface area contributed by atoms with Crippen LogP contribution in [-0.4, -0.2) is 6.04 Å². The Morgan fingerprint density at radius 2 is 1.38 bits per heavy atom. The Bertz CT molecular complexity index is 567. The first kappa shape index (κ1) is 14.3. The molecule has 0 saturated heterocycles. The zero-order valence-electron chi connectivity index (χ0n) is 13.0. The van der Waals surface area contributed by atoms with Crippen LogP contribution in [0.25, 0.3) is 0 Å². The van der Waals surface area contributed by atoms with Crippen molar-refractivity contribution in [1.29, 1.82) is 0 Å². The molecule has 3 rings (SSSR count). The highest BCUT2D eigenvalue weighted by Crippen LogP contribution is 2.37. The highest BCUT2D eigenvalue weighted by molar-refractivity contribution is 5.45. The summed E-state index contributed by atoms with van der Waals surface area (Å²) in [5, 5.41) is 0. The van der Waals surface area contributed by atoms with Gasteiger partial charge in [-0.05, 0) is 47.4 Å². The molecule has 0 aromatic heterocycles. The molecule has 110 valence electrons. The minimum Gasteiger partial charge on any atom is -0.327 e. The predicted molar refractivity (Wildman–Crippen MR) is 89.6 cm³/mol. The molecule has 21 heavy (non-hydrogen) atoms. The van der Waals surface area contributed by atoms with Gasteiger partial charge in [0.05, 0.1) is 0 Å². The summed E-state index contributed by atoms with van der Waals surface area (Å²) in [6.45, 7) is 4.44. The highest BCUT2D eigenvalue weighted by Gasteiger charge is 2.25. The van der Waals surface area contributed by atoms with E-state index in [1.54, 1.807) is 0 Å². The van der Waals surface area contributed by atoms with Gasteiger partial charge in [0, 0.05) is 12.0 Å². The van der Waals surface area contributed by atoms with Crippen LogP contribution in [0.4, 0.5) is 0 Å². The van der Waals surface area contributed by atoms with Crippen molar-refractivity contribution in [3.05, 3.63) is 70.8 Å². The SMILES string of the molecule is CC(C)C(N)CC1c2ccccc2CCc2ccccc21. The lowest BCUT2D eigenvalue weighted by Gasteiger charge is -2.25. The smallest absolute Gasteiger partial charge is 0.0110 e. The molecule has 0 saturated carbocycles. The van der Waals surface area contributed by atoms with Crippen molar-refractivity contribution in [3.8, 4) is 0 Å². The van der Waals surface area contributed by atoms with Crippen LogP contribution >= 0.6 is 0 Å². The molecule has 1 atom stereocenters. The molecule has 1 unspecified atom stereocenters. The fraction of sp³-hybridized carbons (Fsp3) is 0.400. The third kappa shape index (κ3) is 2.89. The van der Waals surface area contributed by atoms with Gasteiger partial charge < -0.3 is 5.73 Å². The van der Waals surface area contributed by atoms with Crippen LogP contribution in [0.15, 0.2) is 48.5 Å². The van der Waals surface area contributed by atoms with Crippen molar-refractivity contribution in [2.75, 3.05) is 0 Å². The number of rotatable bonds is 3. The van der Waals surface area contributed by atoms with Crippen molar-refractivity contribution in [2.45, 2.75) is 45.1 Å². The fourth-order valence-electron chi connectivity index (χ4n) is 3.44. The van der Waals surface area contributed by atoms with E-state index in [1.165, 1.54) is 22.3 Å². The van der Waals surface area contributed by atoms with Gasteiger partial charge >= 0.3 is 0 Å². The van der Waals surface area contributed by atoms with Crippen molar-refractivity contribution in [3.63, 3.8) is 0 Å². The van der Waals surface area contributed by atoms with Crippen molar-refractivity contribution >= 4 is 0 Å². The van der Waals surface area contributed by atoms with Gasteiger partial charge in [-0.1, -0.05) is 62.4 Å². The lowest BCUT2D eigenvalue weighted by molar-refractivity contribution is 0.444. The summed E-state index contributed by atoms with van der Waals surface area (Å²) in [6, 6.07) is 18.1. The molecular weight excluding hydrogens is 254 g/mol. The lowest BCUT2D eigenvalue weighted by Crippen LogP contribution is -2.29. The number of aryl methyl sites for hydroxylation is 2. The molecule has 2 aromatic rings. The first-order valence-corrected chi connectivity index (χ1v) is 8.08. The lowest BCUT2D eigenvalue weighted by atomic mass is 9.81. The quantitative estimate of drug-likeness (QED) is 0.891. The zero-order chi connectivity index (χ0) is 14.8. The molecule has 0 spiro atoms. The summed E-state index contributed by atoms with van der Waals surface area (Å²) in [5.41, 5.74) is 12.4. The molecule has 1 nitrogen and oxygen atoms in total. The maximum atomic E-state index is 6.41. The van der Waals surface area contributed by atoms with Crippen LogP contribution in [0.2, 0.25) is 0 Å². The fourth-order valence-corrected chi connectivity index (χ4v) is 3.44. The van der Waals surface area contributed by atoms with E-state index in [1.807, 2.05) is 0 Å². The van der Waals surface area contributed by atoms with Crippen LogP contribution < -0.4 is 5.73 Å². The average molecular weight is 279 g/mol. The Kier molecular flexibility index (Phi) is 4.12. The summed E-state index contributed by atoms with van der Waals surface area (Å²) in [5.74, 6) is 0.963. The van der Waals surface area contributed by atoms with Crippen molar-refractivity contribution < 1.29 is 0 Å². The first-order chi connectivity index (χ1) is 10.2. The van der Waals surface area contributed by atoms with Crippen molar-refractivity contribution in [2.24, 2.45) is 11.7 Å². The van der Waals surface area contributed by atoms with Gasteiger partial charge in [0.25, 0.3) is 0 Å². The molecule has 1 aliphatic carbocycles. The number of benzene rings is 2. The standard InChI is InChI=1S/C20H25N/c1-14(2)20(21)13-19-17-9-5-3-7-15(17)11-12-16-8-4-6-10-18(16)19/h3-10,14,19-20H,11-13,21H2,1-2H3. The van der Waals surface area contributed by atoms with Crippen LogP contribution in [0.5, 0.6) is 0 Å². The molecule has 2 N–H and O–H groups in total. The molecule has 0 heterocycles. The molecule has 1 aliphatic rings. The van der Waals surface area contributed by atoms with E-state index in [2.05, 4.69) is 62.4 Å². The van der Waals surface area contributed by atoms with E-state index in [-0.39, 0.29) is 6.04 Å². The largest absolute Gasteiger partial charge is 0.327 e. The molecule has 0 radical (unpaired) electrons. The van der Waals surface area contributed by atoms with Gasteiger partial charge in [-0.2, -0.15) is 0 Å². The molecule has 0 bridgehead atoms. The molecule has 1 heteroatoms. The minimum atomic E-state index is 0.245. The van der Waals surface area contributed by atoms with Gasteiger partial charge in [0.1, 0.15) is 0 Å². The third-order valence-corrected chi connectivity index (χ3v) is 4.89. The van der Waals surface area contributed by atoms with Gasteiger partial charge in [-0.3, -0.25) is 0 Å². The van der Waals surface area contributed by atoms with E-state index in [0.29, 0.717) is 11.8 Å². The summed E-state index contributed by atoms with van der Waals surface area (Å²) < 4.78 is 0. The van der Waals surface area contributed by atoms with E-state index in [0.717, 1.165) is 19.3 Å².